The molecule has 0 saturated carbocycles. The third kappa shape index (κ3) is 12.9. The predicted octanol–water partition coefficient (Wildman–Crippen LogP) is 6.02. The Morgan fingerprint density at radius 1 is 0.615 bits per heavy atom. The Bertz CT molecular complexity index is 961. The zero-order valence-electron chi connectivity index (χ0n) is 22.3. The molecular weight excluding hydrogens is 851 g/mol. The Kier molecular flexibility index (Phi) is 18.1. The van der Waals surface area contributed by atoms with Crippen molar-refractivity contribution in [1.29, 1.82) is 0 Å². The molecule has 1 rings (SSSR count). The van der Waals surface area contributed by atoms with E-state index in [0.29, 0.717) is 81.0 Å². The molecule has 0 aliphatic heterocycles. The van der Waals surface area contributed by atoms with Gasteiger partial charge in [0.25, 0.3) is 0 Å². The summed E-state index contributed by atoms with van der Waals surface area (Å²) in [6.45, 7) is 5.82. The molecular formula is C26H34I3NO9. The van der Waals surface area contributed by atoms with Crippen molar-refractivity contribution in [2.24, 2.45) is 0 Å². The maximum Gasteiger partial charge on any atom is 0.340 e. The molecule has 0 fully saturated rings. The first-order valence-electron chi connectivity index (χ1n) is 12.7. The number of hydrogen-bond donors (Lipinski definition) is 1. The number of ether oxygens (including phenoxy) is 4. The van der Waals surface area contributed by atoms with Crippen molar-refractivity contribution < 1.29 is 42.9 Å². The van der Waals surface area contributed by atoms with Crippen LogP contribution in [-0.4, -0.2) is 56.2 Å². The van der Waals surface area contributed by atoms with Gasteiger partial charge in [0.05, 0.1) is 50.4 Å². The molecule has 0 unspecified atom stereocenters. The lowest BCUT2D eigenvalue weighted by atomic mass is 10.1. The van der Waals surface area contributed by atoms with Gasteiger partial charge in [-0.1, -0.05) is 0 Å². The first-order chi connectivity index (χ1) is 18.5. The maximum absolute atomic E-state index is 13.1. The van der Waals surface area contributed by atoms with E-state index < -0.39 is 11.9 Å². The van der Waals surface area contributed by atoms with Gasteiger partial charge < -0.3 is 24.3 Å². The fraction of sp³-hybridized carbons (Fsp3) is 0.577. The van der Waals surface area contributed by atoms with E-state index in [1.165, 1.54) is 6.92 Å². The van der Waals surface area contributed by atoms with Crippen molar-refractivity contribution in [3.8, 4) is 0 Å². The molecule has 0 heterocycles. The highest BCUT2D eigenvalue weighted by molar-refractivity contribution is 14.1. The summed E-state index contributed by atoms with van der Waals surface area (Å²) in [4.78, 5) is 60.9. The van der Waals surface area contributed by atoms with Gasteiger partial charge in [0.15, 0.2) is 0 Å². The standard InChI is InChI=1S/C26H34I3NO9/c1-4-36-17(32)12-8-6-10-14-38-25(34)19-21(27)20(23(29)24(22(19)28)30-16(3)31)26(35)39-15-11-7-9-13-18(33)37-5-2/h4-15H2,1-3H3,(H,30,31). The Balaban J connectivity index is 2.90. The molecule has 1 aromatic carbocycles. The normalized spacial score (nSPS) is 10.5. The molecule has 0 aliphatic rings. The average molecular weight is 885 g/mol. The van der Waals surface area contributed by atoms with Crippen LogP contribution in [0.25, 0.3) is 0 Å². The molecule has 218 valence electrons. The summed E-state index contributed by atoms with van der Waals surface area (Å²) in [5, 5.41) is 2.71. The number of rotatable bonds is 17. The second-order valence-electron chi connectivity index (χ2n) is 8.25. The molecule has 0 atom stereocenters. The topological polar surface area (TPSA) is 134 Å². The SMILES string of the molecule is CCOC(=O)CCCCCOC(=O)c1c(I)c(NC(C)=O)c(I)c(C(=O)OCCCCCC(=O)OCC)c1I. The molecule has 1 N–H and O–H groups in total. The van der Waals surface area contributed by atoms with Gasteiger partial charge in [-0.25, -0.2) is 9.59 Å². The lowest BCUT2D eigenvalue weighted by molar-refractivity contribution is -0.144. The number of anilines is 1. The summed E-state index contributed by atoms with van der Waals surface area (Å²) in [6.07, 6.45) is 4.36. The second-order valence-corrected chi connectivity index (χ2v) is 11.5. The van der Waals surface area contributed by atoms with Gasteiger partial charge in [-0.15, -0.1) is 0 Å². The summed E-state index contributed by atoms with van der Waals surface area (Å²) in [5.74, 6) is -2.09. The Morgan fingerprint density at radius 2 is 1.03 bits per heavy atom. The van der Waals surface area contributed by atoms with E-state index in [9.17, 15) is 24.0 Å². The lowest BCUT2D eigenvalue weighted by Crippen LogP contribution is -2.20. The number of benzene rings is 1. The summed E-state index contributed by atoms with van der Waals surface area (Å²) in [7, 11) is 0. The molecule has 0 aliphatic carbocycles. The van der Waals surface area contributed by atoms with Crippen LogP contribution in [0.5, 0.6) is 0 Å². The lowest BCUT2D eigenvalue weighted by Gasteiger charge is -2.18. The molecule has 0 bridgehead atoms. The van der Waals surface area contributed by atoms with Crippen molar-refractivity contribution in [1.82, 2.24) is 0 Å². The second kappa shape index (κ2) is 19.8. The van der Waals surface area contributed by atoms with Crippen LogP contribution in [0.4, 0.5) is 5.69 Å². The van der Waals surface area contributed by atoms with Gasteiger partial charge >= 0.3 is 23.9 Å². The first-order valence-corrected chi connectivity index (χ1v) is 15.9. The molecule has 10 nitrogen and oxygen atoms in total. The van der Waals surface area contributed by atoms with Gasteiger partial charge in [-0.3, -0.25) is 14.4 Å². The van der Waals surface area contributed by atoms with Crippen LogP contribution < -0.4 is 5.32 Å². The summed E-state index contributed by atoms with van der Waals surface area (Å²) in [5.41, 5.74) is 0.688. The summed E-state index contributed by atoms with van der Waals surface area (Å²) < 4.78 is 22.0. The number of nitrogens with one attached hydrogen (secondary N) is 1. The third-order valence-corrected chi connectivity index (χ3v) is 8.39. The number of carbonyl (C=O) groups is 5. The van der Waals surface area contributed by atoms with Crippen molar-refractivity contribution in [3.05, 3.63) is 21.8 Å². The average Bonchev–Trinajstić information content (AvgIpc) is 2.86. The van der Waals surface area contributed by atoms with Crippen molar-refractivity contribution >= 4 is 103 Å². The van der Waals surface area contributed by atoms with Gasteiger partial charge in [0.1, 0.15) is 0 Å². The fourth-order valence-electron chi connectivity index (χ4n) is 3.34. The zero-order chi connectivity index (χ0) is 29.4. The number of unbranched alkanes of at least 4 members (excludes halogenated alkanes) is 4. The van der Waals surface area contributed by atoms with E-state index in [-0.39, 0.29) is 42.2 Å². The largest absolute Gasteiger partial charge is 0.466 e. The molecule has 1 aromatic rings. The first kappa shape index (κ1) is 35.8. The number of halogens is 3. The van der Waals surface area contributed by atoms with Crippen LogP contribution in [-0.2, 0) is 33.3 Å². The Labute approximate surface area is 269 Å². The van der Waals surface area contributed by atoms with Gasteiger partial charge in [0, 0.05) is 23.3 Å². The molecule has 13 heteroatoms. The van der Waals surface area contributed by atoms with E-state index in [1.54, 1.807) is 13.8 Å². The molecule has 0 aromatic heterocycles. The Morgan fingerprint density at radius 3 is 1.38 bits per heavy atom. The number of carbonyl (C=O) groups excluding carboxylic acids is 5. The molecule has 0 radical (unpaired) electrons. The van der Waals surface area contributed by atoms with Gasteiger partial charge in [0.2, 0.25) is 5.91 Å². The number of amides is 1. The molecule has 39 heavy (non-hydrogen) atoms. The highest BCUT2D eigenvalue weighted by Crippen LogP contribution is 2.36. The van der Waals surface area contributed by atoms with Crippen LogP contribution in [0, 0.1) is 10.7 Å². The Hall–Kier alpha value is -1.24. The minimum Gasteiger partial charge on any atom is -0.466 e. The van der Waals surface area contributed by atoms with Crippen LogP contribution in [0.3, 0.4) is 0 Å². The van der Waals surface area contributed by atoms with E-state index in [0.717, 1.165) is 0 Å². The van der Waals surface area contributed by atoms with Crippen LogP contribution in [0.1, 0.15) is 92.9 Å². The van der Waals surface area contributed by atoms with E-state index in [1.807, 2.05) is 67.8 Å². The smallest absolute Gasteiger partial charge is 0.340 e. The van der Waals surface area contributed by atoms with Crippen LogP contribution >= 0.6 is 67.8 Å². The summed E-state index contributed by atoms with van der Waals surface area (Å²) in [6, 6.07) is 0. The molecule has 0 saturated heterocycles. The minimum absolute atomic E-state index is 0.140. The van der Waals surface area contributed by atoms with Crippen LogP contribution in [0.2, 0.25) is 0 Å². The monoisotopic (exact) mass is 885 g/mol. The van der Waals surface area contributed by atoms with E-state index >= 15 is 0 Å². The summed E-state index contributed by atoms with van der Waals surface area (Å²) >= 11 is 5.84. The predicted molar refractivity (Wildman–Crippen MR) is 170 cm³/mol. The van der Waals surface area contributed by atoms with Gasteiger partial charge in [-0.05, 0) is 120 Å². The number of hydrogen-bond acceptors (Lipinski definition) is 9. The van der Waals surface area contributed by atoms with Crippen LogP contribution in [0.15, 0.2) is 0 Å². The highest BCUT2D eigenvalue weighted by Gasteiger charge is 2.29. The highest BCUT2D eigenvalue weighted by atomic mass is 127. The molecule has 0 spiro atoms. The zero-order valence-corrected chi connectivity index (χ0v) is 28.8. The van der Waals surface area contributed by atoms with Crippen molar-refractivity contribution in [2.75, 3.05) is 31.7 Å². The number of esters is 4. The molecule has 1 amide bonds. The minimum atomic E-state index is -0.620. The van der Waals surface area contributed by atoms with Gasteiger partial charge in [-0.2, -0.15) is 0 Å². The quantitative estimate of drug-likeness (QED) is 0.0864. The third-order valence-electron chi connectivity index (χ3n) is 5.15. The maximum atomic E-state index is 13.1. The van der Waals surface area contributed by atoms with E-state index in [4.69, 9.17) is 18.9 Å². The fourth-order valence-corrected chi connectivity index (χ4v) is 7.66. The van der Waals surface area contributed by atoms with E-state index in [2.05, 4.69) is 5.32 Å². The van der Waals surface area contributed by atoms with Crippen molar-refractivity contribution in [3.63, 3.8) is 0 Å². The van der Waals surface area contributed by atoms with Crippen molar-refractivity contribution in [2.45, 2.75) is 72.1 Å².